The Morgan fingerprint density at radius 2 is 1.89 bits per heavy atom. The maximum atomic E-state index is 11.3. The summed E-state index contributed by atoms with van der Waals surface area (Å²) in [5.41, 5.74) is 3.55. The number of carbonyl (C=O) groups excluding carboxylic acids is 1. The van der Waals surface area contributed by atoms with E-state index in [-0.39, 0.29) is 6.04 Å². The molecule has 0 radical (unpaired) electrons. The van der Waals surface area contributed by atoms with Crippen molar-refractivity contribution < 1.29 is 9.53 Å². The molecular formula is C21H19N5O2. The Balaban J connectivity index is 1.88. The van der Waals surface area contributed by atoms with Crippen LogP contribution < -0.4 is 4.74 Å². The topological polar surface area (TPSA) is 82.8 Å². The number of fused-ring (bicyclic) bond motifs is 1. The third kappa shape index (κ3) is 3.22. The van der Waals surface area contributed by atoms with Gasteiger partial charge in [-0.2, -0.15) is 4.98 Å². The molecule has 3 aromatic heterocycles. The number of rotatable bonds is 5. The maximum absolute atomic E-state index is 11.3. The average Bonchev–Trinajstić information content (AvgIpc) is 3.14. The number of hydrogen-bond acceptors (Lipinski definition) is 6. The van der Waals surface area contributed by atoms with Gasteiger partial charge in [0.15, 0.2) is 17.0 Å². The van der Waals surface area contributed by atoms with Gasteiger partial charge in [0.1, 0.15) is 12.0 Å². The number of aromatic nitrogens is 5. The number of nitrogens with zero attached hydrogens (tertiary/aromatic N) is 5. The predicted molar refractivity (Wildman–Crippen MR) is 106 cm³/mol. The van der Waals surface area contributed by atoms with Crippen molar-refractivity contribution in [2.45, 2.75) is 26.8 Å². The number of carbonyl (C=O) groups is 1. The van der Waals surface area contributed by atoms with Crippen molar-refractivity contribution in [2.24, 2.45) is 0 Å². The van der Waals surface area contributed by atoms with Gasteiger partial charge in [-0.15, -0.1) is 0 Å². The SMILES string of the molecule is Cc1ccc(Oc2nc(-c3ccncc3)nc3c2ncn3C(C)C)cc1C=O. The summed E-state index contributed by atoms with van der Waals surface area (Å²) in [6, 6.07) is 9.21. The van der Waals surface area contributed by atoms with Crippen LogP contribution >= 0.6 is 0 Å². The van der Waals surface area contributed by atoms with Crippen LogP contribution in [0.25, 0.3) is 22.6 Å². The van der Waals surface area contributed by atoms with Gasteiger partial charge in [0.25, 0.3) is 5.88 Å². The Morgan fingerprint density at radius 3 is 2.61 bits per heavy atom. The molecular weight excluding hydrogens is 354 g/mol. The van der Waals surface area contributed by atoms with Gasteiger partial charge < -0.3 is 9.30 Å². The van der Waals surface area contributed by atoms with Gasteiger partial charge in [0, 0.05) is 29.6 Å². The first kappa shape index (κ1) is 17.8. The van der Waals surface area contributed by atoms with E-state index in [4.69, 9.17) is 9.72 Å². The van der Waals surface area contributed by atoms with E-state index in [1.54, 1.807) is 24.8 Å². The van der Waals surface area contributed by atoms with Crippen molar-refractivity contribution in [3.8, 4) is 23.0 Å². The van der Waals surface area contributed by atoms with Gasteiger partial charge in [-0.05, 0) is 50.6 Å². The summed E-state index contributed by atoms with van der Waals surface area (Å²) in [5.74, 6) is 1.39. The van der Waals surface area contributed by atoms with E-state index < -0.39 is 0 Å². The predicted octanol–water partition coefficient (Wildman–Crippen LogP) is 4.38. The molecule has 0 amide bonds. The third-order valence-electron chi connectivity index (χ3n) is 4.48. The van der Waals surface area contributed by atoms with Gasteiger partial charge in [0.05, 0.1) is 6.33 Å². The quantitative estimate of drug-likeness (QED) is 0.483. The Bertz CT molecular complexity index is 1150. The molecule has 0 saturated heterocycles. The Labute approximate surface area is 162 Å². The molecule has 0 aliphatic carbocycles. The lowest BCUT2D eigenvalue weighted by Crippen LogP contribution is -2.02. The van der Waals surface area contributed by atoms with Gasteiger partial charge in [-0.1, -0.05) is 6.07 Å². The zero-order chi connectivity index (χ0) is 19.7. The molecule has 28 heavy (non-hydrogen) atoms. The first-order valence-electron chi connectivity index (χ1n) is 8.95. The van der Waals surface area contributed by atoms with Crippen molar-refractivity contribution in [3.63, 3.8) is 0 Å². The molecule has 0 aliphatic heterocycles. The third-order valence-corrected chi connectivity index (χ3v) is 4.48. The molecule has 0 bridgehead atoms. The number of hydrogen-bond donors (Lipinski definition) is 0. The van der Waals surface area contributed by atoms with Crippen LogP contribution in [0.4, 0.5) is 0 Å². The lowest BCUT2D eigenvalue weighted by molar-refractivity contribution is 0.112. The van der Waals surface area contributed by atoms with Crippen LogP contribution in [0.1, 0.15) is 35.8 Å². The normalized spacial score (nSPS) is 11.1. The van der Waals surface area contributed by atoms with Crippen LogP contribution in [-0.4, -0.2) is 30.8 Å². The molecule has 140 valence electrons. The number of ether oxygens (including phenoxy) is 1. The average molecular weight is 373 g/mol. The second kappa shape index (κ2) is 7.19. The summed E-state index contributed by atoms with van der Waals surface area (Å²) in [6.45, 7) is 6.00. The zero-order valence-electron chi connectivity index (χ0n) is 15.8. The molecule has 1 aromatic carbocycles. The molecule has 0 spiro atoms. The van der Waals surface area contributed by atoms with E-state index in [2.05, 4.69) is 28.8 Å². The molecule has 3 heterocycles. The first-order valence-corrected chi connectivity index (χ1v) is 8.95. The minimum atomic E-state index is 0.180. The summed E-state index contributed by atoms with van der Waals surface area (Å²) in [7, 11) is 0. The zero-order valence-corrected chi connectivity index (χ0v) is 15.8. The fourth-order valence-electron chi connectivity index (χ4n) is 2.89. The summed E-state index contributed by atoms with van der Waals surface area (Å²) in [4.78, 5) is 29.1. The molecule has 7 nitrogen and oxygen atoms in total. The summed E-state index contributed by atoms with van der Waals surface area (Å²) in [5, 5.41) is 0. The van der Waals surface area contributed by atoms with Crippen molar-refractivity contribution in [1.82, 2.24) is 24.5 Å². The molecule has 0 atom stereocenters. The van der Waals surface area contributed by atoms with E-state index in [0.29, 0.717) is 34.2 Å². The number of aldehydes is 1. The van der Waals surface area contributed by atoms with E-state index >= 15 is 0 Å². The van der Waals surface area contributed by atoms with Crippen LogP contribution in [0.5, 0.6) is 11.6 Å². The lowest BCUT2D eigenvalue weighted by Gasteiger charge is -2.11. The highest BCUT2D eigenvalue weighted by Gasteiger charge is 2.17. The molecule has 4 aromatic rings. The van der Waals surface area contributed by atoms with Crippen LogP contribution in [-0.2, 0) is 0 Å². The van der Waals surface area contributed by atoms with Crippen LogP contribution in [0.2, 0.25) is 0 Å². The smallest absolute Gasteiger partial charge is 0.251 e. The molecule has 0 N–H and O–H groups in total. The minimum Gasteiger partial charge on any atom is -0.437 e. The van der Waals surface area contributed by atoms with Gasteiger partial charge >= 0.3 is 0 Å². The number of aryl methyl sites for hydroxylation is 1. The molecule has 0 aliphatic rings. The monoisotopic (exact) mass is 373 g/mol. The van der Waals surface area contributed by atoms with E-state index in [1.807, 2.05) is 35.8 Å². The number of imidazole rings is 1. The minimum absolute atomic E-state index is 0.180. The van der Waals surface area contributed by atoms with Crippen molar-refractivity contribution in [2.75, 3.05) is 0 Å². The second-order valence-electron chi connectivity index (χ2n) is 6.74. The summed E-state index contributed by atoms with van der Waals surface area (Å²) < 4.78 is 8.02. The van der Waals surface area contributed by atoms with E-state index in [9.17, 15) is 4.79 Å². The Kier molecular flexibility index (Phi) is 4.57. The molecule has 4 rings (SSSR count). The highest BCUT2D eigenvalue weighted by molar-refractivity contribution is 5.80. The fourth-order valence-corrected chi connectivity index (χ4v) is 2.89. The van der Waals surface area contributed by atoms with E-state index in [0.717, 1.165) is 17.4 Å². The van der Waals surface area contributed by atoms with Crippen LogP contribution in [0.15, 0.2) is 49.1 Å². The highest BCUT2D eigenvalue weighted by Crippen LogP contribution is 2.31. The van der Waals surface area contributed by atoms with E-state index in [1.165, 1.54) is 0 Å². The largest absolute Gasteiger partial charge is 0.437 e. The number of benzene rings is 1. The fraction of sp³-hybridized carbons (Fsp3) is 0.190. The Morgan fingerprint density at radius 1 is 1.11 bits per heavy atom. The standard InChI is InChI=1S/C21H19N5O2/c1-13(2)26-12-23-18-20(26)24-19(15-6-8-22-9-7-15)25-21(18)28-17-5-4-14(3)16(10-17)11-27/h4-13H,1-3H3. The van der Waals surface area contributed by atoms with Gasteiger partial charge in [-0.3, -0.25) is 9.78 Å². The second-order valence-corrected chi connectivity index (χ2v) is 6.74. The summed E-state index contributed by atoms with van der Waals surface area (Å²) >= 11 is 0. The molecule has 7 heteroatoms. The molecule has 0 saturated carbocycles. The molecule has 0 fully saturated rings. The highest BCUT2D eigenvalue weighted by atomic mass is 16.5. The van der Waals surface area contributed by atoms with Gasteiger partial charge in [0.2, 0.25) is 0 Å². The van der Waals surface area contributed by atoms with Crippen LogP contribution in [0, 0.1) is 6.92 Å². The van der Waals surface area contributed by atoms with Crippen molar-refractivity contribution in [1.29, 1.82) is 0 Å². The first-order chi connectivity index (χ1) is 13.6. The number of pyridine rings is 1. The van der Waals surface area contributed by atoms with Crippen molar-refractivity contribution in [3.05, 3.63) is 60.2 Å². The van der Waals surface area contributed by atoms with Gasteiger partial charge in [-0.25, -0.2) is 9.97 Å². The lowest BCUT2D eigenvalue weighted by atomic mass is 10.1. The van der Waals surface area contributed by atoms with Crippen molar-refractivity contribution >= 4 is 17.5 Å². The van der Waals surface area contributed by atoms with Crippen LogP contribution in [0.3, 0.4) is 0 Å². The summed E-state index contributed by atoms with van der Waals surface area (Å²) in [6.07, 6.45) is 5.94. The Hall–Kier alpha value is -3.61. The molecule has 0 unspecified atom stereocenters. The maximum Gasteiger partial charge on any atom is 0.251 e.